The highest BCUT2D eigenvalue weighted by molar-refractivity contribution is 5.76. The zero-order valence-corrected chi connectivity index (χ0v) is 11.7. The molecule has 0 atom stereocenters. The number of nitriles is 1. The van der Waals surface area contributed by atoms with Crippen molar-refractivity contribution < 1.29 is 4.39 Å². The minimum atomic E-state index is -0.353. The zero-order valence-electron chi connectivity index (χ0n) is 11.7. The minimum Gasteiger partial charge on any atom is -0.323 e. The molecule has 2 aromatic carbocycles. The van der Waals surface area contributed by atoms with Crippen molar-refractivity contribution in [2.75, 3.05) is 0 Å². The minimum absolute atomic E-state index is 0.336. The van der Waals surface area contributed by atoms with Crippen LogP contribution in [-0.4, -0.2) is 9.55 Å². The number of nitrogens with zero attached hydrogens (tertiary/aromatic N) is 3. The summed E-state index contributed by atoms with van der Waals surface area (Å²) in [7, 11) is 0. The predicted molar refractivity (Wildman–Crippen MR) is 79.3 cm³/mol. The van der Waals surface area contributed by atoms with Crippen LogP contribution in [0.25, 0.3) is 11.0 Å². The van der Waals surface area contributed by atoms with E-state index in [0.717, 1.165) is 23.3 Å². The molecular weight excluding hydrogens is 265 g/mol. The van der Waals surface area contributed by atoms with Crippen LogP contribution in [0.2, 0.25) is 0 Å². The second-order valence-electron chi connectivity index (χ2n) is 4.87. The number of para-hydroxylation sites is 2. The largest absolute Gasteiger partial charge is 0.323 e. The van der Waals surface area contributed by atoms with Gasteiger partial charge in [0, 0.05) is 12.0 Å². The summed E-state index contributed by atoms with van der Waals surface area (Å²) in [6, 6.07) is 14.4. The summed E-state index contributed by atoms with van der Waals surface area (Å²) >= 11 is 0. The lowest BCUT2D eigenvalue weighted by molar-refractivity contribution is 0.597. The standard InChI is InChI=1S/C17H14FN3/c1-2-17-20-15-5-3-4-6-16(15)21(17)11-13-8-7-12(10-19)9-14(13)18/h3-9H,2,11H2,1H3. The molecule has 0 N–H and O–H groups in total. The number of aromatic nitrogens is 2. The van der Waals surface area contributed by atoms with E-state index in [0.29, 0.717) is 17.7 Å². The molecule has 104 valence electrons. The fraction of sp³-hybridized carbons (Fsp3) is 0.176. The summed E-state index contributed by atoms with van der Waals surface area (Å²) in [6.07, 6.45) is 0.784. The molecule has 21 heavy (non-hydrogen) atoms. The molecule has 4 heteroatoms. The summed E-state index contributed by atoms with van der Waals surface area (Å²) < 4.78 is 16.1. The van der Waals surface area contributed by atoms with Crippen LogP contribution in [0.5, 0.6) is 0 Å². The summed E-state index contributed by atoms with van der Waals surface area (Å²) in [5.74, 6) is 0.578. The Morgan fingerprint density at radius 2 is 2.05 bits per heavy atom. The topological polar surface area (TPSA) is 41.6 Å². The van der Waals surface area contributed by atoms with Crippen molar-refractivity contribution in [3.8, 4) is 6.07 Å². The molecule has 0 aliphatic carbocycles. The van der Waals surface area contributed by atoms with E-state index in [9.17, 15) is 4.39 Å². The molecule has 0 fully saturated rings. The van der Waals surface area contributed by atoms with Gasteiger partial charge in [-0.3, -0.25) is 0 Å². The van der Waals surface area contributed by atoms with Crippen molar-refractivity contribution in [1.82, 2.24) is 9.55 Å². The first-order chi connectivity index (χ1) is 10.2. The van der Waals surface area contributed by atoms with Crippen molar-refractivity contribution in [3.63, 3.8) is 0 Å². The summed E-state index contributed by atoms with van der Waals surface area (Å²) in [4.78, 5) is 4.58. The molecule has 3 nitrogen and oxygen atoms in total. The van der Waals surface area contributed by atoms with Crippen LogP contribution in [0.4, 0.5) is 4.39 Å². The highest BCUT2D eigenvalue weighted by Crippen LogP contribution is 2.20. The van der Waals surface area contributed by atoms with E-state index in [1.807, 2.05) is 41.8 Å². The monoisotopic (exact) mass is 279 g/mol. The maximum atomic E-state index is 14.1. The molecule has 0 spiro atoms. The van der Waals surface area contributed by atoms with Gasteiger partial charge in [-0.15, -0.1) is 0 Å². The molecule has 0 bridgehead atoms. The average Bonchev–Trinajstić information content (AvgIpc) is 2.87. The van der Waals surface area contributed by atoms with Crippen molar-refractivity contribution in [3.05, 3.63) is 65.2 Å². The maximum Gasteiger partial charge on any atom is 0.129 e. The van der Waals surface area contributed by atoms with E-state index in [4.69, 9.17) is 5.26 Å². The normalized spacial score (nSPS) is 10.7. The molecule has 0 saturated carbocycles. The number of rotatable bonds is 3. The molecule has 1 aromatic heterocycles. The molecule has 3 aromatic rings. The quantitative estimate of drug-likeness (QED) is 0.734. The SMILES string of the molecule is CCc1nc2ccccc2n1Cc1ccc(C#N)cc1F. The van der Waals surface area contributed by atoms with E-state index in [-0.39, 0.29) is 5.82 Å². The van der Waals surface area contributed by atoms with Gasteiger partial charge in [-0.05, 0) is 24.3 Å². The molecular formula is C17H14FN3. The number of fused-ring (bicyclic) bond motifs is 1. The van der Waals surface area contributed by atoms with Gasteiger partial charge in [0.25, 0.3) is 0 Å². The molecule has 3 rings (SSSR count). The van der Waals surface area contributed by atoms with E-state index in [1.54, 1.807) is 12.1 Å². The van der Waals surface area contributed by atoms with Gasteiger partial charge < -0.3 is 4.57 Å². The summed E-state index contributed by atoms with van der Waals surface area (Å²) in [5, 5.41) is 8.80. The van der Waals surface area contributed by atoms with Gasteiger partial charge in [0.2, 0.25) is 0 Å². The number of hydrogen-bond donors (Lipinski definition) is 0. The summed E-state index contributed by atoms with van der Waals surface area (Å²) in [6.45, 7) is 2.45. The lowest BCUT2D eigenvalue weighted by Gasteiger charge is -2.09. The Balaban J connectivity index is 2.07. The third-order valence-electron chi connectivity index (χ3n) is 3.56. The lowest BCUT2D eigenvalue weighted by atomic mass is 10.1. The molecule has 0 aliphatic heterocycles. The van der Waals surface area contributed by atoms with E-state index < -0.39 is 0 Å². The number of benzene rings is 2. The van der Waals surface area contributed by atoms with E-state index in [2.05, 4.69) is 4.98 Å². The van der Waals surface area contributed by atoms with Gasteiger partial charge in [0.1, 0.15) is 11.6 Å². The van der Waals surface area contributed by atoms with Crippen LogP contribution in [0.3, 0.4) is 0 Å². The van der Waals surface area contributed by atoms with Crippen LogP contribution in [0.1, 0.15) is 23.9 Å². The fourth-order valence-corrected chi connectivity index (χ4v) is 2.49. The Morgan fingerprint density at radius 3 is 2.76 bits per heavy atom. The van der Waals surface area contributed by atoms with Crippen LogP contribution in [-0.2, 0) is 13.0 Å². The number of aryl methyl sites for hydroxylation is 1. The Bertz CT molecular complexity index is 843. The molecule has 0 amide bonds. The first-order valence-corrected chi connectivity index (χ1v) is 6.85. The molecule has 0 aliphatic rings. The molecule has 1 heterocycles. The number of imidazole rings is 1. The molecule has 0 unspecified atom stereocenters. The third-order valence-corrected chi connectivity index (χ3v) is 3.56. The van der Waals surface area contributed by atoms with Crippen LogP contribution in [0, 0.1) is 17.1 Å². The van der Waals surface area contributed by atoms with Gasteiger partial charge in [-0.2, -0.15) is 5.26 Å². The Labute approximate surface area is 122 Å². The highest BCUT2D eigenvalue weighted by atomic mass is 19.1. The van der Waals surface area contributed by atoms with Crippen molar-refractivity contribution in [1.29, 1.82) is 5.26 Å². The third kappa shape index (κ3) is 2.38. The average molecular weight is 279 g/mol. The molecule has 0 saturated heterocycles. The predicted octanol–water partition coefficient (Wildman–Crippen LogP) is 3.66. The number of hydrogen-bond acceptors (Lipinski definition) is 2. The van der Waals surface area contributed by atoms with Gasteiger partial charge >= 0.3 is 0 Å². The van der Waals surface area contributed by atoms with Crippen molar-refractivity contribution in [2.24, 2.45) is 0 Å². The highest BCUT2D eigenvalue weighted by Gasteiger charge is 2.11. The van der Waals surface area contributed by atoms with Gasteiger partial charge in [0.05, 0.1) is 29.2 Å². The Kier molecular flexibility index (Phi) is 3.41. The first kappa shape index (κ1) is 13.3. The molecule has 0 radical (unpaired) electrons. The van der Waals surface area contributed by atoms with Crippen LogP contribution in [0.15, 0.2) is 42.5 Å². The summed E-state index contributed by atoms with van der Waals surface area (Å²) in [5.41, 5.74) is 2.82. The first-order valence-electron chi connectivity index (χ1n) is 6.85. The Morgan fingerprint density at radius 1 is 1.24 bits per heavy atom. The van der Waals surface area contributed by atoms with Gasteiger partial charge in [-0.1, -0.05) is 25.1 Å². The second kappa shape index (κ2) is 5.37. The van der Waals surface area contributed by atoms with Crippen molar-refractivity contribution in [2.45, 2.75) is 19.9 Å². The second-order valence-corrected chi connectivity index (χ2v) is 4.87. The number of halogens is 1. The van der Waals surface area contributed by atoms with Crippen molar-refractivity contribution >= 4 is 11.0 Å². The van der Waals surface area contributed by atoms with Gasteiger partial charge in [0.15, 0.2) is 0 Å². The lowest BCUT2D eigenvalue weighted by Crippen LogP contribution is -2.06. The fourth-order valence-electron chi connectivity index (χ4n) is 2.49. The van der Waals surface area contributed by atoms with E-state index in [1.165, 1.54) is 6.07 Å². The van der Waals surface area contributed by atoms with Crippen LogP contribution >= 0.6 is 0 Å². The van der Waals surface area contributed by atoms with E-state index >= 15 is 0 Å². The smallest absolute Gasteiger partial charge is 0.129 e. The zero-order chi connectivity index (χ0) is 14.8. The van der Waals surface area contributed by atoms with Crippen LogP contribution < -0.4 is 0 Å². The maximum absolute atomic E-state index is 14.1. The van der Waals surface area contributed by atoms with Gasteiger partial charge in [-0.25, -0.2) is 9.37 Å². The Hall–Kier alpha value is -2.67.